The Bertz CT molecular complexity index is 1040. The lowest BCUT2D eigenvalue weighted by Crippen LogP contribution is -2.33. The van der Waals surface area contributed by atoms with Crippen LogP contribution in [0, 0.1) is 0 Å². The van der Waals surface area contributed by atoms with E-state index in [-0.39, 0.29) is 17.6 Å². The van der Waals surface area contributed by atoms with E-state index in [4.69, 9.17) is 9.15 Å². The van der Waals surface area contributed by atoms with Crippen molar-refractivity contribution in [2.45, 2.75) is 12.8 Å². The van der Waals surface area contributed by atoms with Crippen LogP contribution in [0.1, 0.15) is 12.5 Å². The summed E-state index contributed by atoms with van der Waals surface area (Å²) < 4.78 is 43.2. The van der Waals surface area contributed by atoms with Crippen molar-refractivity contribution < 1.29 is 27.5 Å². The van der Waals surface area contributed by atoms with Gasteiger partial charge in [0, 0.05) is 0 Å². The number of benzene rings is 2. The molecule has 140 valence electrons. The first-order valence-electron chi connectivity index (χ1n) is 8.14. The highest BCUT2D eigenvalue weighted by Gasteiger charge is 2.45. The standard InChI is InChI=1S/C20H16F2O5/c1-3-26-19(24)20(21,22)16-11-27-17-9-6-13(10-15(17)18(16)23)12-4-7-14(25-2)8-5-12/h4-11H,3H2,1-2H3. The SMILES string of the molecule is CCOC(=O)C(F)(F)c1coc2ccc(-c3ccc(OC)cc3)cc2c1=O. The van der Waals surface area contributed by atoms with Gasteiger partial charge in [-0.15, -0.1) is 0 Å². The molecule has 27 heavy (non-hydrogen) atoms. The number of esters is 1. The number of carbonyl (C=O) groups excluding carboxylic acids is 1. The Morgan fingerprint density at radius 2 is 1.78 bits per heavy atom. The number of alkyl halides is 2. The van der Waals surface area contributed by atoms with Crippen molar-refractivity contribution >= 4 is 16.9 Å². The van der Waals surface area contributed by atoms with Crippen LogP contribution in [0.2, 0.25) is 0 Å². The van der Waals surface area contributed by atoms with Gasteiger partial charge in [0.15, 0.2) is 0 Å². The summed E-state index contributed by atoms with van der Waals surface area (Å²) in [7, 11) is 1.54. The Morgan fingerprint density at radius 1 is 1.11 bits per heavy atom. The molecule has 0 aliphatic rings. The van der Waals surface area contributed by atoms with E-state index >= 15 is 0 Å². The number of ether oxygens (including phenoxy) is 2. The molecule has 0 saturated carbocycles. The molecular weight excluding hydrogens is 358 g/mol. The Kier molecular flexibility index (Phi) is 4.94. The first kappa shape index (κ1) is 18.6. The van der Waals surface area contributed by atoms with E-state index in [0.29, 0.717) is 17.6 Å². The number of carbonyl (C=O) groups is 1. The average molecular weight is 374 g/mol. The van der Waals surface area contributed by atoms with Crippen LogP contribution in [-0.2, 0) is 15.5 Å². The molecule has 0 saturated heterocycles. The van der Waals surface area contributed by atoms with E-state index in [9.17, 15) is 18.4 Å². The smallest absolute Gasteiger partial charge is 0.382 e. The summed E-state index contributed by atoms with van der Waals surface area (Å²) in [5.74, 6) is -5.22. The molecule has 0 unspecified atom stereocenters. The zero-order valence-electron chi connectivity index (χ0n) is 14.6. The minimum atomic E-state index is -4.10. The average Bonchev–Trinajstić information content (AvgIpc) is 2.68. The van der Waals surface area contributed by atoms with Crippen molar-refractivity contribution in [2.75, 3.05) is 13.7 Å². The first-order valence-corrected chi connectivity index (χ1v) is 8.14. The second-order valence-electron chi connectivity index (χ2n) is 5.71. The molecular formula is C20H16F2O5. The van der Waals surface area contributed by atoms with Crippen LogP contribution >= 0.6 is 0 Å². The Labute approximate surface area is 153 Å². The molecule has 3 aromatic rings. The number of hydrogen-bond acceptors (Lipinski definition) is 5. The summed E-state index contributed by atoms with van der Waals surface area (Å²) in [4.78, 5) is 24.1. The minimum absolute atomic E-state index is 0.0511. The molecule has 0 radical (unpaired) electrons. The van der Waals surface area contributed by atoms with Gasteiger partial charge in [0.1, 0.15) is 23.2 Å². The maximum absolute atomic E-state index is 14.3. The quantitative estimate of drug-likeness (QED) is 0.629. The third kappa shape index (κ3) is 3.40. The van der Waals surface area contributed by atoms with Crippen molar-refractivity contribution in [3.63, 3.8) is 0 Å². The molecule has 0 bridgehead atoms. The van der Waals surface area contributed by atoms with Crippen molar-refractivity contribution in [1.29, 1.82) is 0 Å². The highest BCUT2D eigenvalue weighted by Crippen LogP contribution is 2.30. The predicted molar refractivity (Wildman–Crippen MR) is 95.0 cm³/mol. The molecule has 0 atom stereocenters. The second kappa shape index (κ2) is 7.19. The third-order valence-electron chi connectivity index (χ3n) is 4.07. The molecule has 0 aliphatic carbocycles. The van der Waals surface area contributed by atoms with Gasteiger partial charge in [-0.3, -0.25) is 4.79 Å². The van der Waals surface area contributed by atoms with Gasteiger partial charge in [0.05, 0.1) is 19.1 Å². The molecule has 0 aliphatic heterocycles. The van der Waals surface area contributed by atoms with E-state index < -0.39 is 22.9 Å². The highest BCUT2D eigenvalue weighted by molar-refractivity contribution is 5.85. The fraction of sp³-hybridized carbons (Fsp3) is 0.200. The van der Waals surface area contributed by atoms with Crippen LogP contribution in [0.15, 0.2) is 57.9 Å². The normalized spacial score (nSPS) is 11.4. The minimum Gasteiger partial charge on any atom is -0.497 e. The molecule has 0 N–H and O–H groups in total. The maximum atomic E-state index is 14.3. The monoisotopic (exact) mass is 374 g/mol. The van der Waals surface area contributed by atoms with Crippen LogP contribution in [-0.4, -0.2) is 19.7 Å². The van der Waals surface area contributed by atoms with Gasteiger partial charge in [-0.2, -0.15) is 8.78 Å². The summed E-state index contributed by atoms with van der Waals surface area (Å²) in [5.41, 5.74) is -0.501. The van der Waals surface area contributed by atoms with Crippen LogP contribution in [0.25, 0.3) is 22.1 Å². The summed E-state index contributed by atoms with van der Waals surface area (Å²) in [6.07, 6.45) is 0.606. The third-order valence-corrected chi connectivity index (χ3v) is 4.07. The van der Waals surface area contributed by atoms with Gasteiger partial charge >= 0.3 is 11.9 Å². The first-order chi connectivity index (χ1) is 12.9. The van der Waals surface area contributed by atoms with Crippen molar-refractivity contribution in [3.05, 3.63) is 64.5 Å². The maximum Gasteiger partial charge on any atom is 0.382 e. The van der Waals surface area contributed by atoms with Gasteiger partial charge in [-0.25, -0.2) is 4.79 Å². The van der Waals surface area contributed by atoms with E-state index in [0.717, 1.165) is 5.56 Å². The number of halogens is 2. The topological polar surface area (TPSA) is 65.7 Å². The highest BCUT2D eigenvalue weighted by atomic mass is 19.3. The van der Waals surface area contributed by atoms with E-state index in [2.05, 4.69) is 4.74 Å². The fourth-order valence-corrected chi connectivity index (χ4v) is 2.64. The van der Waals surface area contributed by atoms with Crippen molar-refractivity contribution in [1.82, 2.24) is 0 Å². The molecule has 2 aromatic carbocycles. The predicted octanol–water partition coefficient (Wildman–Crippen LogP) is 4.12. The van der Waals surface area contributed by atoms with Crippen LogP contribution in [0.4, 0.5) is 8.78 Å². The zero-order valence-corrected chi connectivity index (χ0v) is 14.6. The van der Waals surface area contributed by atoms with Crippen LogP contribution < -0.4 is 10.2 Å². The summed E-state index contributed by atoms with van der Waals surface area (Å²) >= 11 is 0. The fourth-order valence-electron chi connectivity index (χ4n) is 2.64. The largest absolute Gasteiger partial charge is 0.497 e. The second-order valence-corrected chi connectivity index (χ2v) is 5.71. The Balaban J connectivity index is 2.11. The molecule has 7 heteroatoms. The molecule has 3 rings (SSSR count). The van der Waals surface area contributed by atoms with E-state index in [1.54, 1.807) is 37.4 Å². The van der Waals surface area contributed by atoms with Crippen LogP contribution in [0.5, 0.6) is 5.75 Å². The molecule has 0 spiro atoms. The lowest BCUT2D eigenvalue weighted by Gasteiger charge is -2.14. The van der Waals surface area contributed by atoms with Crippen LogP contribution in [0.3, 0.4) is 0 Å². The summed E-state index contributed by atoms with van der Waals surface area (Å²) in [5, 5.41) is -0.0511. The van der Waals surface area contributed by atoms with Gasteiger partial charge in [-0.1, -0.05) is 18.2 Å². The molecule has 1 heterocycles. The zero-order chi connectivity index (χ0) is 19.6. The van der Waals surface area contributed by atoms with Gasteiger partial charge in [0.2, 0.25) is 5.43 Å². The Morgan fingerprint density at radius 3 is 2.41 bits per heavy atom. The number of hydrogen-bond donors (Lipinski definition) is 0. The van der Waals surface area contributed by atoms with Gasteiger partial charge < -0.3 is 13.9 Å². The van der Waals surface area contributed by atoms with Gasteiger partial charge in [-0.05, 0) is 42.3 Å². The van der Waals surface area contributed by atoms with Crippen molar-refractivity contribution in [2.24, 2.45) is 0 Å². The molecule has 0 fully saturated rings. The lowest BCUT2D eigenvalue weighted by molar-refractivity contribution is -0.173. The van der Waals surface area contributed by atoms with Gasteiger partial charge in [0.25, 0.3) is 0 Å². The van der Waals surface area contributed by atoms with E-state index in [1.807, 2.05) is 0 Å². The number of methoxy groups -OCH3 is 1. The molecule has 5 nitrogen and oxygen atoms in total. The molecule has 0 amide bonds. The van der Waals surface area contributed by atoms with Crippen molar-refractivity contribution in [3.8, 4) is 16.9 Å². The Hall–Kier alpha value is -3.22. The lowest BCUT2D eigenvalue weighted by atomic mass is 10.0. The summed E-state index contributed by atoms with van der Waals surface area (Å²) in [6, 6.07) is 11.7. The van der Waals surface area contributed by atoms with E-state index in [1.165, 1.54) is 19.1 Å². The summed E-state index contributed by atoms with van der Waals surface area (Å²) in [6.45, 7) is 1.17. The number of fused-ring (bicyclic) bond motifs is 1. The number of rotatable bonds is 5. The molecule has 1 aromatic heterocycles.